The van der Waals surface area contributed by atoms with Gasteiger partial charge in [-0.1, -0.05) is 60.7 Å². The van der Waals surface area contributed by atoms with E-state index >= 15 is 0 Å². The molecule has 0 fully saturated rings. The largest absolute Gasteiger partial charge is 0.395 e. The molecule has 0 radical (unpaired) electrons. The predicted molar refractivity (Wildman–Crippen MR) is 90.9 cm³/mol. The van der Waals surface area contributed by atoms with Gasteiger partial charge in [-0.15, -0.1) is 0 Å². The lowest BCUT2D eigenvalue weighted by Crippen LogP contribution is -2.36. The third kappa shape index (κ3) is 6.93. The first-order valence-corrected chi connectivity index (χ1v) is 7.95. The third-order valence-electron chi connectivity index (χ3n) is 3.56. The van der Waals surface area contributed by atoms with Crippen LogP contribution in [0.25, 0.3) is 0 Å². The Morgan fingerprint density at radius 3 is 2.13 bits per heavy atom. The number of aliphatic hydroxyl groups is 2. The number of rotatable bonds is 10. The molecule has 2 rings (SSSR count). The molecule has 0 heterocycles. The van der Waals surface area contributed by atoms with E-state index < -0.39 is 6.10 Å². The van der Waals surface area contributed by atoms with Crippen molar-refractivity contribution >= 4 is 0 Å². The summed E-state index contributed by atoms with van der Waals surface area (Å²) in [5.74, 6) is 0. The average Bonchev–Trinajstić information content (AvgIpc) is 2.57. The minimum atomic E-state index is -0.575. The zero-order valence-corrected chi connectivity index (χ0v) is 13.3. The van der Waals surface area contributed by atoms with Crippen molar-refractivity contribution in [1.29, 1.82) is 0 Å². The number of hydrogen-bond acceptors (Lipinski definition) is 4. The van der Waals surface area contributed by atoms with E-state index in [-0.39, 0.29) is 13.2 Å². The molecular weight excluding hydrogens is 290 g/mol. The topological polar surface area (TPSA) is 52.9 Å². The minimum Gasteiger partial charge on any atom is -0.395 e. The highest BCUT2D eigenvalue weighted by atomic mass is 16.5. The molecule has 0 saturated heterocycles. The van der Waals surface area contributed by atoms with Gasteiger partial charge in [0.15, 0.2) is 0 Å². The zero-order valence-electron chi connectivity index (χ0n) is 13.3. The molecule has 0 unspecified atom stereocenters. The first-order valence-electron chi connectivity index (χ1n) is 7.95. The van der Waals surface area contributed by atoms with Crippen molar-refractivity contribution in [3.8, 4) is 0 Å². The zero-order chi connectivity index (χ0) is 16.3. The normalized spacial score (nSPS) is 12.5. The second kappa shape index (κ2) is 10.1. The van der Waals surface area contributed by atoms with Crippen molar-refractivity contribution in [3.05, 3.63) is 71.8 Å². The summed E-state index contributed by atoms with van der Waals surface area (Å²) >= 11 is 0. The van der Waals surface area contributed by atoms with Gasteiger partial charge in [0.05, 0.1) is 25.9 Å². The molecular formula is C19H25NO3. The molecule has 0 spiro atoms. The smallest absolute Gasteiger partial charge is 0.0900 e. The molecule has 23 heavy (non-hydrogen) atoms. The number of aliphatic hydroxyl groups excluding tert-OH is 2. The molecule has 124 valence electrons. The highest BCUT2D eigenvalue weighted by Gasteiger charge is 2.12. The van der Waals surface area contributed by atoms with Gasteiger partial charge in [0, 0.05) is 19.6 Å². The average molecular weight is 315 g/mol. The lowest BCUT2D eigenvalue weighted by molar-refractivity contribution is 0.00619. The summed E-state index contributed by atoms with van der Waals surface area (Å²) in [6.07, 6.45) is -0.575. The van der Waals surface area contributed by atoms with E-state index in [1.807, 2.05) is 65.6 Å². The summed E-state index contributed by atoms with van der Waals surface area (Å²) in [4.78, 5) is 2.03. The summed E-state index contributed by atoms with van der Waals surface area (Å²) in [7, 11) is 0. The molecule has 1 atom stereocenters. The third-order valence-corrected chi connectivity index (χ3v) is 3.56. The summed E-state index contributed by atoms with van der Waals surface area (Å²) in [5.41, 5.74) is 2.26. The van der Waals surface area contributed by atoms with Gasteiger partial charge in [-0.2, -0.15) is 0 Å². The maximum atomic E-state index is 10.2. The SMILES string of the molecule is OCCN(Cc1ccccc1)C[C@@H](O)COCc1ccccc1. The predicted octanol–water partition coefficient (Wildman–Crippen LogP) is 2.06. The fourth-order valence-corrected chi connectivity index (χ4v) is 2.46. The molecule has 0 saturated carbocycles. The van der Waals surface area contributed by atoms with Gasteiger partial charge in [-0.3, -0.25) is 4.90 Å². The Kier molecular flexibility index (Phi) is 7.77. The Bertz CT molecular complexity index is 533. The van der Waals surface area contributed by atoms with E-state index in [0.717, 1.165) is 5.56 Å². The monoisotopic (exact) mass is 315 g/mol. The number of ether oxygens (including phenoxy) is 1. The molecule has 2 aromatic rings. The van der Waals surface area contributed by atoms with Gasteiger partial charge >= 0.3 is 0 Å². The summed E-state index contributed by atoms with van der Waals surface area (Å²) < 4.78 is 5.57. The molecule has 0 amide bonds. The van der Waals surface area contributed by atoms with Crippen molar-refractivity contribution in [2.45, 2.75) is 19.3 Å². The highest BCUT2D eigenvalue weighted by Crippen LogP contribution is 2.06. The van der Waals surface area contributed by atoms with Crippen molar-refractivity contribution in [2.24, 2.45) is 0 Å². The van der Waals surface area contributed by atoms with Gasteiger partial charge in [-0.25, -0.2) is 0 Å². The number of benzene rings is 2. The van der Waals surface area contributed by atoms with Crippen LogP contribution in [0.4, 0.5) is 0 Å². The van der Waals surface area contributed by atoms with Crippen molar-refractivity contribution < 1.29 is 14.9 Å². The highest BCUT2D eigenvalue weighted by molar-refractivity contribution is 5.14. The van der Waals surface area contributed by atoms with Crippen molar-refractivity contribution in [1.82, 2.24) is 4.90 Å². The van der Waals surface area contributed by atoms with Crippen LogP contribution in [-0.4, -0.2) is 47.5 Å². The molecule has 2 N–H and O–H groups in total. The standard InChI is InChI=1S/C19H25NO3/c21-12-11-20(13-17-7-3-1-4-8-17)14-19(22)16-23-15-18-9-5-2-6-10-18/h1-10,19,21-22H,11-16H2/t19-/m1/s1. The minimum absolute atomic E-state index is 0.0738. The Hall–Kier alpha value is -1.72. The van der Waals surface area contributed by atoms with Crippen LogP contribution in [-0.2, 0) is 17.9 Å². The molecule has 0 bridgehead atoms. The van der Waals surface area contributed by atoms with Crippen molar-refractivity contribution in [2.75, 3.05) is 26.3 Å². The molecule has 0 aliphatic heterocycles. The van der Waals surface area contributed by atoms with Gasteiger partial charge in [-0.05, 0) is 11.1 Å². The van der Waals surface area contributed by atoms with Crippen LogP contribution < -0.4 is 0 Å². The molecule has 0 aliphatic rings. The molecule has 0 aromatic heterocycles. The quantitative estimate of drug-likeness (QED) is 0.705. The van der Waals surface area contributed by atoms with E-state index in [4.69, 9.17) is 4.74 Å². The molecule has 4 nitrogen and oxygen atoms in total. The van der Waals surface area contributed by atoms with E-state index in [0.29, 0.717) is 26.2 Å². The maximum absolute atomic E-state index is 10.2. The lowest BCUT2D eigenvalue weighted by atomic mass is 10.2. The van der Waals surface area contributed by atoms with Crippen molar-refractivity contribution in [3.63, 3.8) is 0 Å². The van der Waals surface area contributed by atoms with Crippen LogP contribution >= 0.6 is 0 Å². The van der Waals surface area contributed by atoms with Crippen LogP contribution in [0, 0.1) is 0 Å². The van der Waals surface area contributed by atoms with Gasteiger partial charge in [0.1, 0.15) is 0 Å². The maximum Gasteiger partial charge on any atom is 0.0900 e. The summed E-state index contributed by atoms with van der Waals surface area (Å²) in [6.45, 7) is 2.57. The van der Waals surface area contributed by atoms with Crippen LogP contribution in [0.2, 0.25) is 0 Å². The Labute approximate surface area is 138 Å². The van der Waals surface area contributed by atoms with Crippen LogP contribution in [0.3, 0.4) is 0 Å². The van der Waals surface area contributed by atoms with E-state index in [9.17, 15) is 10.2 Å². The van der Waals surface area contributed by atoms with E-state index in [1.54, 1.807) is 0 Å². The molecule has 2 aromatic carbocycles. The Morgan fingerprint density at radius 2 is 1.52 bits per heavy atom. The van der Waals surface area contributed by atoms with Gasteiger partial charge in [0.2, 0.25) is 0 Å². The van der Waals surface area contributed by atoms with E-state index in [2.05, 4.69) is 0 Å². The first kappa shape index (κ1) is 17.6. The Balaban J connectivity index is 1.75. The van der Waals surface area contributed by atoms with Gasteiger partial charge in [0.25, 0.3) is 0 Å². The number of nitrogens with zero attached hydrogens (tertiary/aromatic N) is 1. The van der Waals surface area contributed by atoms with Crippen LogP contribution in [0.15, 0.2) is 60.7 Å². The summed E-state index contributed by atoms with van der Waals surface area (Å²) in [5, 5.41) is 19.4. The lowest BCUT2D eigenvalue weighted by Gasteiger charge is -2.24. The first-order chi connectivity index (χ1) is 11.3. The summed E-state index contributed by atoms with van der Waals surface area (Å²) in [6, 6.07) is 20.0. The fraction of sp³-hybridized carbons (Fsp3) is 0.368. The number of hydrogen-bond donors (Lipinski definition) is 2. The second-order valence-corrected chi connectivity index (χ2v) is 5.60. The second-order valence-electron chi connectivity index (χ2n) is 5.60. The van der Waals surface area contributed by atoms with E-state index in [1.165, 1.54) is 5.56 Å². The van der Waals surface area contributed by atoms with Crippen LogP contribution in [0.5, 0.6) is 0 Å². The Morgan fingerprint density at radius 1 is 0.913 bits per heavy atom. The van der Waals surface area contributed by atoms with Gasteiger partial charge < -0.3 is 14.9 Å². The molecule has 4 heteroatoms. The van der Waals surface area contributed by atoms with Crippen LogP contribution in [0.1, 0.15) is 11.1 Å². The molecule has 0 aliphatic carbocycles. The fourth-order valence-electron chi connectivity index (χ4n) is 2.46.